The molecule has 2 aromatic heterocycles. The predicted molar refractivity (Wildman–Crippen MR) is 118 cm³/mol. The molecule has 1 saturated carbocycles. The average Bonchev–Trinajstić information content (AvgIpc) is 3.45. The first-order valence-corrected chi connectivity index (χ1v) is 11.6. The molecule has 4 nitrogen and oxygen atoms in total. The average molecular weight is 404 g/mol. The van der Waals surface area contributed by atoms with E-state index in [1.807, 2.05) is 17.5 Å². The minimum atomic E-state index is 0.541. The van der Waals surface area contributed by atoms with Gasteiger partial charge in [-0.15, -0.1) is 11.3 Å². The summed E-state index contributed by atoms with van der Waals surface area (Å²) in [6.07, 6.45) is 12.3. The number of nitrogens with zero attached hydrogens (tertiary/aromatic N) is 3. The van der Waals surface area contributed by atoms with Crippen LogP contribution in [0.25, 0.3) is 21.8 Å². The molecule has 1 aromatic carbocycles. The first-order valence-electron chi connectivity index (χ1n) is 10.8. The van der Waals surface area contributed by atoms with Crippen LogP contribution < -0.4 is 5.32 Å². The van der Waals surface area contributed by atoms with Crippen molar-refractivity contribution in [2.75, 3.05) is 13.1 Å². The summed E-state index contributed by atoms with van der Waals surface area (Å²) in [6.45, 7) is 4.30. The Morgan fingerprint density at radius 1 is 1.03 bits per heavy atom. The molecule has 1 saturated heterocycles. The van der Waals surface area contributed by atoms with Crippen LogP contribution in [-0.2, 0) is 0 Å². The van der Waals surface area contributed by atoms with Gasteiger partial charge in [0, 0.05) is 23.2 Å². The number of thiazole rings is 1. The SMILES string of the molecule is Cc1cccc(-c2nc(C3CCNCC3)sc2-c2n[c]ncc2C2CCCC2)c1. The second-order valence-electron chi connectivity index (χ2n) is 8.38. The number of hydrogen-bond acceptors (Lipinski definition) is 5. The van der Waals surface area contributed by atoms with Crippen molar-refractivity contribution < 1.29 is 0 Å². The van der Waals surface area contributed by atoms with Crippen LogP contribution in [-0.4, -0.2) is 28.0 Å². The smallest absolute Gasteiger partial charge is 0.198 e. The summed E-state index contributed by atoms with van der Waals surface area (Å²) in [5.74, 6) is 1.11. The van der Waals surface area contributed by atoms with Crippen molar-refractivity contribution >= 4 is 11.3 Å². The molecule has 1 aliphatic carbocycles. The third kappa shape index (κ3) is 3.86. The highest BCUT2D eigenvalue weighted by molar-refractivity contribution is 7.15. The summed E-state index contributed by atoms with van der Waals surface area (Å²) in [6, 6.07) is 8.69. The molecule has 2 fully saturated rings. The molecule has 0 atom stereocenters. The molecule has 3 aromatic rings. The van der Waals surface area contributed by atoms with Gasteiger partial charge in [-0.1, -0.05) is 36.6 Å². The third-order valence-corrected chi connectivity index (χ3v) is 7.55. The van der Waals surface area contributed by atoms with E-state index in [-0.39, 0.29) is 0 Å². The van der Waals surface area contributed by atoms with Gasteiger partial charge in [-0.2, -0.15) is 0 Å². The van der Waals surface area contributed by atoms with Gasteiger partial charge in [-0.25, -0.2) is 15.0 Å². The fraction of sp³-hybridized carbons (Fsp3) is 0.458. The summed E-state index contributed by atoms with van der Waals surface area (Å²) in [4.78, 5) is 15.4. The second-order valence-corrected chi connectivity index (χ2v) is 9.41. The maximum atomic E-state index is 5.21. The van der Waals surface area contributed by atoms with Gasteiger partial charge < -0.3 is 5.32 Å². The molecule has 0 spiro atoms. The zero-order valence-electron chi connectivity index (χ0n) is 16.9. The Balaban J connectivity index is 1.64. The Kier molecular flexibility index (Phi) is 5.42. The Labute approximate surface area is 176 Å². The van der Waals surface area contributed by atoms with E-state index in [1.54, 1.807) is 0 Å². The Morgan fingerprint density at radius 2 is 1.86 bits per heavy atom. The van der Waals surface area contributed by atoms with E-state index >= 15 is 0 Å². The van der Waals surface area contributed by atoms with E-state index in [1.165, 1.54) is 52.3 Å². The van der Waals surface area contributed by atoms with Crippen LogP contribution in [0.3, 0.4) is 0 Å². The number of nitrogens with one attached hydrogen (secondary N) is 1. The monoisotopic (exact) mass is 403 g/mol. The summed E-state index contributed by atoms with van der Waals surface area (Å²) < 4.78 is 0. The highest BCUT2D eigenvalue weighted by Gasteiger charge is 2.27. The minimum absolute atomic E-state index is 0.541. The second kappa shape index (κ2) is 8.33. The fourth-order valence-corrected chi connectivity index (χ4v) is 6.02. The summed E-state index contributed by atoms with van der Waals surface area (Å²) in [5, 5.41) is 4.73. The lowest BCUT2D eigenvalue weighted by Crippen LogP contribution is -2.26. The molecular weight excluding hydrogens is 376 g/mol. The molecule has 1 radical (unpaired) electrons. The Morgan fingerprint density at radius 3 is 2.66 bits per heavy atom. The quantitative estimate of drug-likeness (QED) is 0.625. The van der Waals surface area contributed by atoms with Crippen molar-refractivity contribution in [3.63, 3.8) is 0 Å². The normalized spacial score (nSPS) is 18.4. The molecule has 5 rings (SSSR count). The van der Waals surface area contributed by atoms with Crippen LogP contribution in [0.2, 0.25) is 0 Å². The zero-order valence-corrected chi connectivity index (χ0v) is 17.8. The van der Waals surface area contributed by atoms with Crippen molar-refractivity contribution in [2.24, 2.45) is 0 Å². The number of aryl methyl sites for hydroxylation is 1. The van der Waals surface area contributed by atoms with Crippen LogP contribution >= 0.6 is 11.3 Å². The number of rotatable bonds is 4. The first kappa shape index (κ1) is 18.9. The number of piperidine rings is 1. The highest BCUT2D eigenvalue weighted by Crippen LogP contribution is 2.44. The molecule has 5 heteroatoms. The Bertz CT molecular complexity index is 984. The van der Waals surface area contributed by atoms with E-state index in [9.17, 15) is 0 Å². The maximum absolute atomic E-state index is 5.21. The van der Waals surface area contributed by atoms with Crippen molar-refractivity contribution in [1.29, 1.82) is 0 Å². The zero-order chi connectivity index (χ0) is 19.6. The predicted octanol–water partition coefficient (Wildman–Crippen LogP) is 5.50. The van der Waals surface area contributed by atoms with Crippen LogP contribution in [0.15, 0.2) is 30.5 Å². The van der Waals surface area contributed by atoms with Crippen LogP contribution in [0.5, 0.6) is 0 Å². The summed E-state index contributed by atoms with van der Waals surface area (Å²) >= 11 is 1.84. The van der Waals surface area contributed by atoms with E-state index in [2.05, 4.69) is 52.8 Å². The molecular formula is C24H27N4S. The van der Waals surface area contributed by atoms with Gasteiger partial charge in [0.05, 0.1) is 21.3 Å². The molecule has 2 aliphatic rings. The molecule has 1 aliphatic heterocycles. The van der Waals surface area contributed by atoms with Crippen LogP contribution in [0, 0.1) is 13.3 Å². The molecule has 0 amide bonds. The van der Waals surface area contributed by atoms with E-state index < -0.39 is 0 Å². The van der Waals surface area contributed by atoms with Gasteiger partial charge >= 0.3 is 0 Å². The molecule has 29 heavy (non-hydrogen) atoms. The van der Waals surface area contributed by atoms with Gasteiger partial charge in [-0.3, -0.25) is 0 Å². The number of benzene rings is 1. The summed E-state index contributed by atoms with van der Waals surface area (Å²) in [5.41, 5.74) is 5.87. The summed E-state index contributed by atoms with van der Waals surface area (Å²) in [7, 11) is 0. The molecule has 0 bridgehead atoms. The molecule has 1 N–H and O–H groups in total. The maximum Gasteiger partial charge on any atom is 0.198 e. The lowest BCUT2D eigenvalue weighted by molar-refractivity contribution is 0.459. The van der Waals surface area contributed by atoms with Gasteiger partial charge in [0.2, 0.25) is 0 Å². The Hall–Kier alpha value is -2.11. The van der Waals surface area contributed by atoms with Crippen LogP contribution in [0.1, 0.15) is 66.5 Å². The molecule has 149 valence electrons. The van der Waals surface area contributed by atoms with Gasteiger partial charge in [0.15, 0.2) is 6.33 Å². The highest BCUT2D eigenvalue weighted by atomic mass is 32.1. The van der Waals surface area contributed by atoms with Crippen LogP contribution in [0.4, 0.5) is 0 Å². The van der Waals surface area contributed by atoms with Crippen molar-refractivity contribution in [3.8, 4) is 21.8 Å². The van der Waals surface area contributed by atoms with Gasteiger partial charge in [0.25, 0.3) is 0 Å². The van der Waals surface area contributed by atoms with E-state index in [0.29, 0.717) is 11.8 Å². The van der Waals surface area contributed by atoms with Gasteiger partial charge in [0.1, 0.15) is 0 Å². The molecule has 0 unspecified atom stereocenters. The van der Waals surface area contributed by atoms with E-state index in [0.717, 1.165) is 37.3 Å². The van der Waals surface area contributed by atoms with E-state index in [4.69, 9.17) is 4.98 Å². The van der Waals surface area contributed by atoms with Gasteiger partial charge in [-0.05, 0) is 57.7 Å². The lowest BCUT2D eigenvalue weighted by Gasteiger charge is -2.20. The lowest BCUT2D eigenvalue weighted by atomic mass is 9.95. The number of hydrogen-bond donors (Lipinski definition) is 1. The van der Waals surface area contributed by atoms with Crippen molar-refractivity contribution in [2.45, 2.75) is 57.3 Å². The minimum Gasteiger partial charge on any atom is -0.317 e. The first-order chi connectivity index (χ1) is 14.3. The number of aromatic nitrogens is 3. The van der Waals surface area contributed by atoms with Crippen molar-refractivity contribution in [3.05, 3.63) is 52.9 Å². The standard InChI is InChI=1S/C24H27N4S/c1-16-5-4-8-19(13-16)21-23(29-24(28-21)18-9-11-25-12-10-18)22-20(14-26-15-27-22)17-6-2-3-7-17/h4-5,8,13-14,17-18,25H,2-3,6-7,9-12H2,1H3. The third-order valence-electron chi connectivity index (χ3n) is 6.33. The molecule has 3 heterocycles. The fourth-order valence-electron chi connectivity index (χ4n) is 4.75. The largest absolute Gasteiger partial charge is 0.317 e. The topological polar surface area (TPSA) is 50.7 Å². The van der Waals surface area contributed by atoms with Crippen molar-refractivity contribution in [1.82, 2.24) is 20.3 Å².